The number of anilines is 1. The molecule has 5 nitrogen and oxygen atoms in total. The molecule has 21 heavy (non-hydrogen) atoms. The molecular formula is C14H20ClFN2O3. The Morgan fingerprint density at radius 3 is 2.81 bits per heavy atom. The van der Waals surface area contributed by atoms with Crippen LogP contribution in [0.3, 0.4) is 0 Å². The number of carbonyl (C=O) groups is 1. The van der Waals surface area contributed by atoms with E-state index in [1.807, 2.05) is 0 Å². The number of halogens is 2. The monoisotopic (exact) mass is 318 g/mol. The Bertz CT molecular complexity index is 487. The van der Waals surface area contributed by atoms with E-state index in [1.54, 1.807) is 18.9 Å². The zero-order chi connectivity index (χ0) is 16.0. The minimum atomic E-state index is -0.676. The van der Waals surface area contributed by atoms with Crippen molar-refractivity contribution in [1.29, 1.82) is 0 Å². The number of benzene rings is 1. The maximum absolute atomic E-state index is 12.9. The molecule has 0 saturated carbocycles. The van der Waals surface area contributed by atoms with Gasteiger partial charge in [-0.3, -0.25) is 9.69 Å². The number of aliphatic hydroxyl groups excluding tert-OH is 1. The molecule has 1 aromatic carbocycles. The van der Waals surface area contributed by atoms with Crippen molar-refractivity contribution >= 4 is 23.2 Å². The van der Waals surface area contributed by atoms with Crippen molar-refractivity contribution in [3.8, 4) is 0 Å². The number of amides is 1. The maximum Gasteiger partial charge on any atom is 0.241 e. The van der Waals surface area contributed by atoms with Gasteiger partial charge in [-0.25, -0.2) is 4.39 Å². The molecule has 0 radical (unpaired) electrons. The number of carbonyl (C=O) groups excluding carboxylic acids is 1. The molecule has 2 N–H and O–H groups in total. The second-order valence-electron chi connectivity index (χ2n) is 4.84. The fourth-order valence-corrected chi connectivity index (χ4v) is 1.98. The van der Waals surface area contributed by atoms with Gasteiger partial charge in [-0.05, 0) is 32.2 Å². The zero-order valence-corrected chi connectivity index (χ0v) is 13.0. The molecule has 7 heteroatoms. The molecule has 1 amide bonds. The van der Waals surface area contributed by atoms with Gasteiger partial charge in [0.2, 0.25) is 5.91 Å². The van der Waals surface area contributed by atoms with E-state index in [1.165, 1.54) is 19.2 Å². The SMILES string of the molecule is COCC(O)CN(C)C(C)C(=O)Nc1ccc(F)cc1Cl. The molecule has 0 bridgehead atoms. The summed E-state index contributed by atoms with van der Waals surface area (Å²) in [5.74, 6) is -0.763. The zero-order valence-electron chi connectivity index (χ0n) is 12.3. The summed E-state index contributed by atoms with van der Waals surface area (Å²) < 4.78 is 17.8. The summed E-state index contributed by atoms with van der Waals surface area (Å²) in [6, 6.07) is 3.27. The molecule has 0 aromatic heterocycles. The smallest absolute Gasteiger partial charge is 0.241 e. The van der Waals surface area contributed by atoms with Crippen LogP contribution in [0.1, 0.15) is 6.92 Å². The van der Waals surface area contributed by atoms with Gasteiger partial charge in [-0.1, -0.05) is 11.6 Å². The molecule has 0 spiro atoms. The lowest BCUT2D eigenvalue weighted by atomic mass is 10.2. The number of aliphatic hydroxyl groups is 1. The van der Waals surface area contributed by atoms with Crippen LogP contribution < -0.4 is 5.32 Å². The summed E-state index contributed by atoms with van der Waals surface area (Å²) in [4.78, 5) is 13.8. The topological polar surface area (TPSA) is 61.8 Å². The number of hydrogen-bond acceptors (Lipinski definition) is 4. The molecule has 0 aliphatic heterocycles. The molecule has 0 aliphatic carbocycles. The lowest BCUT2D eigenvalue weighted by molar-refractivity contribution is -0.120. The lowest BCUT2D eigenvalue weighted by Gasteiger charge is -2.26. The molecule has 0 aliphatic rings. The van der Waals surface area contributed by atoms with E-state index in [9.17, 15) is 14.3 Å². The number of methoxy groups -OCH3 is 1. The Morgan fingerprint density at radius 1 is 1.57 bits per heavy atom. The van der Waals surface area contributed by atoms with Crippen LogP contribution in [0.5, 0.6) is 0 Å². The second-order valence-corrected chi connectivity index (χ2v) is 5.25. The van der Waals surface area contributed by atoms with Crippen LogP contribution in [-0.4, -0.2) is 55.4 Å². The summed E-state index contributed by atoms with van der Waals surface area (Å²) in [6.45, 7) is 2.19. The van der Waals surface area contributed by atoms with Crippen molar-refractivity contribution in [2.24, 2.45) is 0 Å². The quantitative estimate of drug-likeness (QED) is 0.804. The number of rotatable bonds is 7. The average molecular weight is 319 g/mol. The third kappa shape index (κ3) is 5.59. The fraction of sp³-hybridized carbons (Fsp3) is 0.500. The Hall–Kier alpha value is -1.21. The van der Waals surface area contributed by atoms with Crippen molar-refractivity contribution < 1.29 is 19.0 Å². The number of ether oxygens (including phenoxy) is 1. The number of likely N-dealkylation sites (N-methyl/N-ethyl adjacent to an activating group) is 1. The van der Waals surface area contributed by atoms with Crippen molar-refractivity contribution in [1.82, 2.24) is 4.90 Å². The highest BCUT2D eigenvalue weighted by atomic mass is 35.5. The first-order valence-electron chi connectivity index (χ1n) is 6.48. The molecule has 2 unspecified atom stereocenters. The summed E-state index contributed by atoms with van der Waals surface area (Å²) >= 11 is 5.86. The Balaban J connectivity index is 2.61. The van der Waals surface area contributed by atoms with Gasteiger partial charge in [0.25, 0.3) is 0 Å². The first kappa shape index (κ1) is 17.8. The van der Waals surface area contributed by atoms with Gasteiger partial charge in [0, 0.05) is 13.7 Å². The fourth-order valence-electron chi connectivity index (χ4n) is 1.76. The van der Waals surface area contributed by atoms with Crippen LogP contribution >= 0.6 is 11.6 Å². The van der Waals surface area contributed by atoms with E-state index in [0.717, 1.165) is 6.07 Å². The van der Waals surface area contributed by atoms with Crippen molar-refractivity contribution in [2.75, 3.05) is 32.6 Å². The minimum absolute atomic E-state index is 0.137. The highest BCUT2D eigenvalue weighted by molar-refractivity contribution is 6.33. The lowest BCUT2D eigenvalue weighted by Crippen LogP contribution is -2.44. The Morgan fingerprint density at radius 2 is 2.24 bits per heavy atom. The minimum Gasteiger partial charge on any atom is -0.389 e. The highest BCUT2D eigenvalue weighted by Crippen LogP contribution is 2.22. The molecule has 118 valence electrons. The molecular weight excluding hydrogens is 299 g/mol. The van der Waals surface area contributed by atoms with Gasteiger partial charge in [-0.2, -0.15) is 0 Å². The first-order chi connectivity index (χ1) is 9.85. The molecule has 2 atom stereocenters. The van der Waals surface area contributed by atoms with E-state index in [4.69, 9.17) is 16.3 Å². The number of hydrogen-bond donors (Lipinski definition) is 2. The Labute approximate surface area is 128 Å². The van der Waals surface area contributed by atoms with Crippen molar-refractivity contribution in [3.05, 3.63) is 29.0 Å². The predicted molar refractivity (Wildman–Crippen MR) is 80.0 cm³/mol. The molecule has 1 aromatic rings. The average Bonchev–Trinajstić information content (AvgIpc) is 2.41. The molecule has 0 saturated heterocycles. The standard InChI is InChI=1S/C14H20ClFN2O3/c1-9(18(2)7-11(19)8-21-3)14(20)17-13-5-4-10(16)6-12(13)15/h4-6,9,11,19H,7-8H2,1-3H3,(H,17,20). The van der Waals surface area contributed by atoms with Gasteiger partial charge in [-0.15, -0.1) is 0 Å². The summed E-state index contributed by atoms with van der Waals surface area (Å²) in [5, 5.41) is 12.4. The van der Waals surface area contributed by atoms with Crippen LogP contribution in [0.25, 0.3) is 0 Å². The summed E-state index contributed by atoms with van der Waals surface area (Å²) in [7, 11) is 3.21. The third-order valence-corrected chi connectivity index (χ3v) is 3.40. The highest BCUT2D eigenvalue weighted by Gasteiger charge is 2.21. The van der Waals surface area contributed by atoms with E-state index in [0.29, 0.717) is 12.2 Å². The predicted octanol–water partition coefficient (Wildman–Crippen LogP) is 1.75. The van der Waals surface area contributed by atoms with Crippen LogP contribution in [0.15, 0.2) is 18.2 Å². The molecule has 0 fully saturated rings. The number of nitrogens with zero attached hydrogens (tertiary/aromatic N) is 1. The van der Waals surface area contributed by atoms with E-state index in [-0.39, 0.29) is 17.5 Å². The normalized spacial score (nSPS) is 14.0. The van der Waals surface area contributed by atoms with Gasteiger partial charge < -0.3 is 15.2 Å². The van der Waals surface area contributed by atoms with Gasteiger partial charge in [0.1, 0.15) is 5.82 Å². The molecule has 0 heterocycles. The summed E-state index contributed by atoms with van der Waals surface area (Å²) in [6.07, 6.45) is -0.676. The van der Waals surface area contributed by atoms with Crippen molar-refractivity contribution in [2.45, 2.75) is 19.1 Å². The summed E-state index contributed by atoms with van der Waals surface area (Å²) in [5.41, 5.74) is 0.348. The number of nitrogens with one attached hydrogen (secondary N) is 1. The third-order valence-electron chi connectivity index (χ3n) is 3.09. The van der Waals surface area contributed by atoms with Gasteiger partial charge >= 0.3 is 0 Å². The van der Waals surface area contributed by atoms with E-state index >= 15 is 0 Å². The maximum atomic E-state index is 12.9. The van der Waals surface area contributed by atoms with Crippen LogP contribution in [0, 0.1) is 5.82 Å². The van der Waals surface area contributed by atoms with Crippen LogP contribution in [0.2, 0.25) is 5.02 Å². The largest absolute Gasteiger partial charge is 0.389 e. The van der Waals surface area contributed by atoms with Gasteiger partial charge in [0.05, 0.1) is 29.5 Å². The van der Waals surface area contributed by atoms with Gasteiger partial charge in [0.15, 0.2) is 0 Å². The van der Waals surface area contributed by atoms with E-state index < -0.39 is 18.0 Å². The first-order valence-corrected chi connectivity index (χ1v) is 6.86. The molecule has 1 rings (SSSR count). The van der Waals surface area contributed by atoms with E-state index in [2.05, 4.69) is 5.32 Å². The van der Waals surface area contributed by atoms with Crippen LogP contribution in [0.4, 0.5) is 10.1 Å². The van der Waals surface area contributed by atoms with Crippen LogP contribution in [-0.2, 0) is 9.53 Å². The Kier molecular flexibility index (Phi) is 7.04. The van der Waals surface area contributed by atoms with Crippen molar-refractivity contribution in [3.63, 3.8) is 0 Å². The second kappa shape index (κ2) is 8.29.